The van der Waals surface area contributed by atoms with Crippen LogP contribution in [0.15, 0.2) is 41.5 Å². The minimum Gasteiger partial charge on any atom is -0.463 e. The van der Waals surface area contributed by atoms with Crippen LogP contribution in [0.1, 0.15) is 27.0 Å². The molecule has 40 heavy (non-hydrogen) atoms. The summed E-state index contributed by atoms with van der Waals surface area (Å²) in [4.78, 5) is 34.6. The van der Waals surface area contributed by atoms with Crippen molar-refractivity contribution in [2.75, 3.05) is 25.2 Å². The molecule has 0 spiro atoms. The number of para-hydroxylation sites is 1. The van der Waals surface area contributed by atoms with Gasteiger partial charge in [0.2, 0.25) is 11.6 Å². The summed E-state index contributed by atoms with van der Waals surface area (Å²) < 4.78 is 66.7. The van der Waals surface area contributed by atoms with E-state index in [9.17, 15) is 23.7 Å². The quantitative estimate of drug-likeness (QED) is 0.222. The smallest absolute Gasteiger partial charge is 0.380 e. The number of imidazole rings is 1. The maximum Gasteiger partial charge on any atom is 0.380 e. The molecule has 1 saturated heterocycles. The summed E-state index contributed by atoms with van der Waals surface area (Å²) in [6.45, 7) is 2.40. The number of fused-ring (bicyclic) bond motifs is 1. The van der Waals surface area contributed by atoms with Crippen LogP contribution in [0.4, 0.5) is 14.7 Å². The maximum atomic E-state index is 15.9. The number of aromatic nitrogens is 4. The number of nitrogens with one attached hydrogen (secondary N) is 1. The summed E-state index contributed by atoms with van der Waals surface area (Å²) in [6.07, 6.45) is -5.32. The van der Waals surface area contributed by atoms with Gasteiger partial charge in [-0.1, -0.05) is 25.1 Å². The molecule has 0 aliphatic carbocycles. The van der Waals surface area contributed by atoms with Gasteiger partial charge in [0, 0.05) is 0 Å². The molecule has 0 amide bonds. The lowest BCUT2D eigenvalue weighted by molar-refractivity contribution is -0.151. The molecular weight excluding hydrogens is 555 g/mol. The van der Waals surface area contributed by atoms with Gasteiger partial charge in [0.25, 0.3) is 5.56 Å². The number of nitrogens with zero attached hydrogens (tertiary/aromatic N) is 3. The van der Waals surface area contributed by atoms with Crippen LogP contribution in [-0.2, 0) is 23.4 Å². The molecule has 1 aromatic carbocycles. The van der Waals surface area contributed by atoms with E-state index < -0.39 is 74.7 Å². The van der Waals surface area contributed by atoms with Crippen molar-refractivity contribution in [1.82, 2.24) is 19.5 Å². The molecular formula is C24H30F2N5O8P. The number of halogens is 2. The number of alkyl halides is 2. The Hall–Kier alpha value is -3.39. The van der Waals surface area contributed by atoms with E-state index in [0.717, 1.165) is 10.9 Å². The number of esters is 1. The number of aliphatic hydroxyl groups is 1. The molecule has 1 fully saturated rings. The fourth-order valence-corrected chi connectivity index (χ4v) is 6.07. The molecule has 6 atom stereocenters. The molecule has 13 nitrogen and oxygen atoms in total. The van der Waals surface area contributed by atoms with Gasteiger partial charge in [-0.05, 0) is 26.0 Å². The van der Waals surface area contributed by atoms with E-state index in [2.05, 4.69) is 15.0 Å². The number of carbonyl (C=O) groups excluding carboxylic acids is 1. The summed E-state index contributed by atoms with van der Waals surface area (Å²) in [6, 6.07) is 8.00. The van der Waals surface area contributed by atoms with Crippen molar-refractivity contribution >= 4 is 30.7 Å². The summed E-state index contributed by atoms with van der Waals surface area (Å²) in [5.41, 5.74) is 1.43. The van der Waals surface area contributed by atoms with Crippen molar-refractivity contribution in [2.45, 2.75) is 51.0 Å². The Morgan fingerprint density at radius 3 is 2.67 bits per heavy atom. The highest BCUT2D eigenvalue weighted by atomic mass is 31.2. The summed E-state index contributed by atoms with van der Waals surface area (Å²) in [5, 5.41) is 10.7. The Balaban J connectivity index is 1.58. The second kappa shape index (κ2) is 11.6. The Labute approximate surface area is 227 Å². The van der Waals surface area contributed by atoms with Gasteiger partial charge in [0.1, 0.15) is 24.6 Å². The SMILES string of the molecule is CC(C)OC(=O)[C@H](C)C[P@@](=O)(OC[C@H]1O[C@@H](n2cnc3c(=O)[nH]c(N)nc32)C(F)(CF)[C@H]1O)Oc1ccccc1. The minimum atomic E-state index is -4.16. The van der Waals surface area contributed by atoms with Gasteiger partial charge in [-0.25, -0.2) is 18.3 Å². The first kappa shape index (κ1) is 29.6. The lowest BCUT2D eigenvalue weighted by Crippen LogP contribution is -2.45. The number of benzene rings is 1. The van der Waals surface area contributed by atoms with Crippen molar-refractivity contribution < 1.29 is 41.8 Å². The van der Waals surface area contributed by atoms with Gasteiger partial charge >= 0.3 is 13.6 Å². The molecule has 0 radical (unpaired) electrons. The standard InChI is InChI=1S/C24H30F2N5O8P/c1-13(2)37-21(34)14(3)10-40(35,39-15-7-5-4-6-8-15)36-9-16-18(32)24(26,11-25)22(38-16)31-12-28-17-19(31)29-23(27)30-20(17)33/h4-8,12-14,16,18,22,32H,9-11H2,1-3H3,(H3,27,29,30,33)/t14-,16-,18+,22-,24?,40-/m1/s1. The third-order valence-corrected chi connectivity index (χ3v) is 8.17. The number of hydrogen-bond acceptors (Lipinski definition) is 11. The summed E-state index contributed by atoms with van der Waals surface area (Å²) in [7, 11) is -4.16. The molecule has 1 aliphatic rings. The van der Waals surface area contributed by atoms with Gasteiger partial charge in [0.15, 0.2) is 17.4 Å². The van der Waals surface area contributed by atoms with E-state index in [-0.39, 0.29) is 22.9 Å². The van der Waals surface area contributed by atoms with E-state index in [1.807, 2.05) is 0 Å². The largest absolute Gasteiger partial charge is 0.463 e. The molecule has 4 rings (SSSR count). The van der Waals surface area contributed by atoms with Gasteiger partial charge in [0.05, 0.1) is 31.1 Å². The Morgan fingerprint density at radius 2 is 2.02 bits per heavy atom. The second-order valence-electron chi connectivity index (χ2n) is 9.69. The lowest BCUT2D eigenvalue weighted by atomic mass is 9.97. The Kier molecular flexibility index (Phi) is 8.59. The highest BCUT2D eigenvalue weighted by Gasteiger charge is 2.59. The zero-order chi connectivity index (χ0) is 29.2. The average Bonchev–Trinajstić information content (AvgIpc) is 3.42. The fraction of sp³-hybridized carbons (Fsp3) is 0.500. The van der Waals surface area contributed by atoms with Crippen LogP contribution in [-0.4, -0.2) is 74.0 Å². The number of rotatable bonds is 11. The van der Waals surface area contributed by atoms with Crippen LogP contribution in [0.5, 0.6) is 5.75 Å². The Bertz CT molecular complexity index is 1450. The molecule has 16 heteroatoms. The number of ether oxygens (including phenoxy) is 2. The predicted octanol–water partition coefficient (Wildman–Crippen LogP) is 2.51. The average molecular weight is 586 g/mol. The summed E-state index contributed by atoms with van der Waals surface area (Å²) in [5.74, 6) is -1.69. The zero-order valence-electron chi connectivity index (χ0n) is 21.9. The van der Waals surface area contributed by atoms with E-state index >= 15 is 4.39 Å². The van der Waals surface area contributed by atoms with Crippen molar-refractivity contribution in [1.29, 1.82) is 0 Å². The van der Waals surface area contributed by atoms with Crippen molar-refractivity contribution in [3.05, 3.63) is 47.0 Å². The van der Waals surface area contributed by atoms with Crippen LogP contribution in [0.2, 0.25) is 0 Å². The highest BCUT2D eigenvalue weighted by molar-refractivity contribution is 7.54. The third kappa shape index (κ3) is 6.02. The molecule has 1 aliphatic heterocycles. The zero-order valence-corrected chi connectivity index (χ0v) is 22.8. The second-order valence-corrected chi connectivity index (χ2v) is 11.7. The van der Waals surface area contributed by atoms with E-state index in [1.165, 1.54) is 19.1 Å². The van der Waals surface area contributed by atoms with Crippen molar-refractivity contribution in [2.24, 2.45) is 5.92 Å². The van der Waals surface area contributed by atoms with Gasteiger partial charge < -0.3 is 24.8 Å². The number of aromatic amines is 1. The predicted molar refractivity (Wildman–Crippen MR) is 138 cm³/mol. The van der Waals surface area contributed by atoms with Crippen molar-refractivity contribution in [3.63, 3.8) is 0 Å². The first-order valence-electron chi connectivity index (χ1n) is 12.4. The fourth-order valence-electron chi connectivity index (χ4n) is 4.20. The van der Waals surface area contributed by atoms with Crippen LogP contribution in [0.25, 0.3) is 11.2 Å². The van der Waals surface area contributed by atoms with Crippen LogP contribution in [0, 0.1) is 5.92 Å². The molecule has 218 valence electrons. The third-order valence-electron chi connectivity index (χ3n) is 6.14. The minimum absolute atomic E-state index is 0.170. The van der Waals surface area contributed by atoms with Gasteiger partial charge in [-0.3, -0.25) is 23.7 Å². The number of hydrogen-bond donors (Lipinski definition) is 3. The monoisotopic (exact) mass is 585 g/mol. The number of nitrogen functional groups attached to an aromatic ring is 1. The first-order chi connectivity index (χ1) is 18.9. The maximum absolute atomic E-state index is 15.9. The highest BCUT2D eigenvalue weighted by Crippen LogP contribution is 2.51. The molecule has 4 N–H and O–H groups in total. The number of aliphatic hydroxyl groups excluding tert-OH is 1. The number of nitrogens with two attached hydrogens (primary N) is 1. The summed E-state index contributed by atoms with van der Waals surface area (Å²) >= 11 is 0. The molecule has 3 aromatic rings. The Morgan fingerprint density at radius 1 is 1.32 bits per heavy atom. The molecule has 1 unspecified atom stereocenters. The first-order valence-corrected chi connectivity index (χ1v) is 14.1. The van der Waals surface area contributed by atoms with Crippen LogP contribution in [0.3, 0.4) is 0 Å². The van der Waals surface area contributed by atoms with Crippen LogP contribution >= 0.6 is 7.60 Å². The van der Waals surface area contributed by atoms with Gasteiger partial charge in [-0.15, -0.1) is 0 Å². The molecule has 0 bridgehead atoms. The molecule has 2 aromatic heterocycles. The molecule has 0 saturated carbocycles. The van der Waals surface area contributed by atoms with E-state index in [0.29, 0.717) is 0 Å². The van der Waals surface area contributed by atoms with Crippen molar-refractivity contribution in [3.8, 4) is 5.75 Å². The normalized spacial score (nSPS) is 25.1. The number of H-pyrrole nitrogens is 1. The molecule has 3 heterocycles. The van der Waals surface area contributed by atoms with E-state index in [1.54, 1.807) is 32.0 Å². The number of carbonyl (C=O) groups is 1. The van der Waals surface area contributed by atoms with Crippen LogP contribution < -0.4 is 15.8 Å². The topological polar surface area (TPSA) is 181 Å². The lowest BCUT2D eigenvalue weighted by Gasteiger charge is -2.26. The number of anilines is 1. The van der Waals surface area contributed by atoms with E-state index in [4.69, 9.17) is 24.3 Å². The van der Waals surface area contributed by atoms with Gasteiger partial charge in [-0.2, -0.15) is 4.98 Å².